The number of amides is 1. The van der Waals surface area contributed by atoms with E-state index in [0.717, 1.165) is 29.7 Å². The van der Waals surface area contributed by atoms with Crippen LogP contribution in [0.25, 0.3) is 0 Å². The van der Waals surface area contributed by atoms with Gasteiger partial charge in [0, 0.05) is 12.1 Å². The first-order valence-electron chi connectivity index (χ1n) is 9.19. The van der Waals surface area contributed by atoms with Crippen LogP contribution in [0.2, 0.25) is 0 Å². The number of likely N-dealkylation sites (N-methyl/N-ethyl adjacent to an activating group) is 1. The molecule has 3 aliphatic rings. The van der Waals surface area contributed by atoms with Crippen molar-refractivity contribution < 1.29 is 23.8 Å². The van der Waals surface area contributed by atoms with E-state index in [4.69, 9.17) is 14.2 Å². The van der Waals surface area contributed by atoms with Crippen molar-refractivity contribution in [3.63, 3.8) is 0 Å². The van der Waals surface area contributed by atoms with Gasteiger partial charge in [0.2, 0.25) is 12.5 Å². The van der Waals surface area contributed by atoms with Gasteiger partial charge in [-0.15, -0.1) is 0 Å². The van der Waals surface area contributed by atoms with Crippen molar-refractivity contribution >= 4 is 17.4 Å². The summed E-state index contributed by atoms with van der Waals surface area (Å²) in [7, 11) is 3.53. The van der Waals surface area contributed by atoms with Crippen LogP contribution < -0.4 is 19.1 Å². The molecule has 3 heterocycles. The lowest BCUT2D eigenvalue weighted by atomic mass is 9.94. The number of ketones is 1. The van der Waals surface area contributed by atoms with Crippen molar-refractivity contribution in [1.29, 1.82) is 0 Å². The quantitative estimate of drug-likeness (QED) is 0.746. The number of nitrogens with zero attached hydrogens (tertiary/aromatic N) is 2. The maximum atomic E-state index is 13.0. The third-order valence-corrected chi connectivity index (χ3v) is 5.67. The Morgan fingerprint density at radius 1 is 1.18 bits per heavy atom. The van der Waals surface area contributed by atoms with E-state index in [1.54, 1.807) is 18.1 Å². The van der Waals surface area contributed by atoms with Crippen molar-refractivity contribution in [3.05, 3.63) is 46.5 Å². The van der Waals surface area contributed by atoms with Crippen LogP contribution >= 0.6 is 0 Å². The molecule has 0 unspecified atom stereocenters. The maximum Gasteiger partial charge on any atom is 0.301 e. The minimum absolute atomic E-state index is 0.137. The molecular formula is C21H20N2O5. The lowest BCUT2D eigenvalue weighted by molar-refractivity contribution is -0.115. The number of rotatable bonds is 2. The van der Waals surface area contributed by atoms with Gasteiger partial charge in [0.15, 0.2) is 11.5 Å². The second kappa shape index (κ2) is 5.97. The number of ether oxygens (including phenoxy) is 3. The van der Waals surface area contributed by atoms with Crippen molar-refractivity contribution in [3.8, 4) is 17.2 Å². The van der Waals surface area contributed by atoms with Gasteiger partial charge < -0.3 is 14.2 Å². The van der Waals surface area contributed by atoms with E-state index in [1.165, 1.54) is 0 Å². The van der Waals surface area contributed by atoms with Gasteiger partial charge in [-0.2, -0.15) is 0 Å². The number of hydrogen-bond donors (Lipinski definition) is 0. The minimum Gasteiger partial charge on any atom is -0.492 e. The number of benzene rings is 2. The summed E-state index contributed by atoms with van der Waals surface area (Å²) < 4.78 is 16.9. The van der Waals surface area contributed by atoms with E-state index >= 15 is 0 Å². The molecule has 7 nitrogen and oxygen atoms in total. The van der Waals surface area contributed by atoms with E-state index in [9.17, 15) is 9.59 Å². The van der Waals surface area contributed by atoms with Crippen LogP contribution in [0.4, 0.5) is 5.69 Å². The van der Waals surface area contributed by atoms with Gasteiger partial charge in [0.1, 0.15) is 6.17 Å². The first-order valence-corrected chi connectivity index (χ1v) is 9.19. The summed E-state index contributed by atoms with van der Waals surface area (Å²) in [4.78, 5) is 29.3. The second-order valence-corrected chi connectivity index (χ2v) is 7.35. The van der Waals surface area contributed by atoms with Crippen molar-refractivity contribution in [2.24, 2.45) is 0 Å². The first-order chi connectivity index (χ1) is 13.5. The fourth-order valence-corrected chi connectivity index (χ4v) is 4.35. The molecule has 1 atom stereocenters. The van der Waals surface area contributed by atoms with E-state index in [1.807, 2.05) is 32.2 Å². The lowest BCUT2D eigenvalue weighted by Crippen LogP contribution is -2.46. The van der Waals surface area contributed by atoms with E-state index in [-0.39, 0.29) is 6.79 Å². The van der Waals surface area contributed by atoms with Crippen LogP contribution in [0.15, 0.2) is 24.3 Å². The molecule has 2 aromatic carbocycles. The molecule has 0 N–H and O–H groups in total. The summed E-state index contributed by atoms with van der Waals surface area (Å²) in [5.41, 5.74) is 3.90. The zero-order chi connectivity index (χ0) is 19.6. The highest BCUT2D eigenvalue weighted by Crippen LogP contribution is 2.51. The molecule has 0 saturated carbocycles. The van der Waals surface area contributed by atoms with E-state index < -0.39 is 17.9 Å². The highest BCUT2D eigenvalue weighted by molar-refractivity contribution is 6.52. The number of aryl methyl sites for hydroxylation is 1. The molecule has 144 valence electrons. The number of carbonyl (C=O) groups excluding carboxylic acids is 2. The smallest absolute Gasteiger partial charge is 0.301 e. The monoisotopic (exact) mass is 380 g/mol. The molecule has 0 spiro atoms. The Kier molecular flexibility index (Phi) is 3.64. The topological polar surface area (TPSA) is 68.3 Å². The summed E-state index contributed by atoms with van der Waals surface area (Å²) >= 11 is 0. The predicted octanol–water partition coefficient (Wildman–Crippen LogP) is 2.45. The zero-order valence-electron chi connectivity index (χ0n) is 15.9. The van der Waals surface area contributed by atoms with Crippen molar-refractivity contribution in [2.75, 3.05) is 32.4 Å². The minimum atomic E-state index is -0.523. The van der Waals surface area contributed by atoms with Crippen LogP contribution in [0.1, 0.15) is 33.2 Å². The van der Waals surface area contributed by atoms with Gasteiger partial charge in [-0.05, 0) is 44.2 Å². The van der Waals surface area contributed by atoms with E-state index in [0.29, 0.717) is 28.5 Å². The van der Waals surface area contributed by atoms with Crippen LogP contribution in [0.5, 0.6) is 17.2 Å². The Bertz CT molecular complexity index is 1030. The highest BCUT2D eigenvalue weighted by atomic mass is 16.7. The summed E-state index contributed by atoms with van der Waals surface area (Å²) in [5.74, 6) is 0.758. The third kappa shape index (κ3) is 2.19. The van der Waals surface area contributed by atoms with Gasteiger partial charge in [-0.1, -0.05) is 11.6 Å². The molecule has 0 saturated heterocycles. The van der Waals surface area contributed by atoms with Gasteiger partial charge in [0.25, 0.3) is 5.78 Å². The fraction of sp³-hybridized carbons (Fsp3) is 0.333. The van der Waals surface area contributed by atoms with Gasteiger partial charge in [-0.25, -0.2) is 0 Å². The Morgan fingerprint density at radius 3 is 2.79 bits per heavy atom. The molecular weight excluding hydrogens is 360 g/mol. The van der Waals surface area contributed by atoms with Crippen LogP contribution in [-0.2, 0) is 11.2 Å². The SMILES string of the molecule is COc1c2c(cc3c1[C@@H](N1C(=O)C(=O)c4cc(C)ccc41)N(C)CC3)OCO2. The third-order valence-electron chi connectivity index (χ3n) is 5.67. The molecule has 0 bridgehead atoms. The molecule has 28 heavy (non-hydrogen) atoms. The maximum absolute atomic E-state index is 13.0. The molecule has 0 aliphatic carbocycles. The molecule has 2 aromatic rings. The molecule has 3 aliphatic heterocycles. The largest absolute Gasteiger partial charge is 0.492 e. The second-order valence-electron chi connectivity index (χ2n) is 7.35. The Balaban J connectivity index is 1.73. The predicted molar refractivity (Wildman–Crippen MR) is 101 cm³/mol. The first kappa shape index (κ1) is 17.1. The lowest BCUT2D eigenvalue weighted by Gasteiger charge is -2.40. The Labute approximate surface area is 162 Å². The summed E-state index contributed by atoms with van der Waals surface area (Å²) in [5, 5.41) is 0. The molecule has 5 rings (SSSR count). The van der Waals surface area contributed by atoms with Crippen molar-refractivity contribution in [2.45, 2.75) is 19.5 Å². The summed E-state index contributed by atoms with van der Waals surface area (Å²) in [6, 6.07) is 7.49. The van der Waals surface area contributed by atoms with Crippen LogP contribution in [-0.4, -0.2) is 44.1 Å². The standard InChI is InChI=1S/C21H20N2O5/c1-11-4-5-14-13(8-11)17(24)21(25)23(14)20-16-12(6-7-22(20)2)9-15-18(19(16)26-3)28-10-27-15/h4-5,8-9,20H,6-7,10H2,1-3H3/t20-/m1/s1. The average Bonchev–Trinajstić information content (AvgIpc) is 3.24. The molecule has 1 amide bonds. The Hall–Kier alpha value is -3.06. The van der Waals surface area contributed by atoms with Crippen molar-refractivity contribution in [1.82, 2.24) is 4.90 Å². The van der Waals surface area contributed by atoms with Gasteiger partial charge in [-0.3, -0.25) is 19.4 Å². The number of Topliss-reactive ketones (excluding diaryl/α,β-unsaturated/α-hetero) is 1. The number of methoxy groups -OCH3 is 1. The number of anilines is 1. The number of fused-ring (bicyclic) bond motifs is 3. The average molecular weight is 380 g/mol. The molecule has 0 radical (unpaired) electrons. The van der Waals surface area contributed by atoms with Gasteiger partial charge in [0.05, 0.1) is 18.4 Å². The fourth-order valence-electron chi connectivity index (χ4n) is 4.35. The number of carbonyl (C=O) groups is 2. The number of hydrogen-bond acceptors (Lipinski definition) is 6. The van der Waals surface area contributed by atoms with E-state index in [2.05, 4.69) is 4.90 Å². The molecule has 7 heteroatoms. The molecule has 0 aromatic heterocycles. The zero-order valence-corrected chi connectivity index (χ0v) is 15.9. The normalized spacial score (nSPS) is 20.4. The van der Waals surface area contributed by atoms with Crippen LogP contribution in [0.3, 0.4) is 0 Å². The summed E-state index contributed by atoms with van der Waals surface area (Å²) in [6.07, 6.45) is 0.320. The van der Waals surface area contributed by atoms with Crippen LogP contribution in [0, 0.1) is 6.92 Å². The summed E-state index contributed by atoms with van der Waals surface area (Å²) in [6.45, 7) is 2.78. The highest BCUT2D eigenvalue weighted by Gasteiger charge is 2.45. The van der Waals surface area contributed by atoms with Gasteiger partial charge >= 0.3 is 5.91 Å². The molecule has 0 fully saturated rings. The Morgan fingerprint density at radius 2 is 2.00 bits per heavy atom.